The van der Waals surface area contributed by atoms with Crippen molar-refractivity contribution in [1.29, 1.82) is 5.26 Å². The van der Waals surface area contributed by atoms with E-state index in [2.05, 4.69) is 22.0 Å². The van der Waals surface area contributed by atoms with Gasteiger partial charge in [-0.25, -0.2) is 0 Å². The first-order valence-corrected chi connectivity index (χ1v) is 3.90. The van der Waals surface area contributed by atoms with Crippen molar-refractivity contribution < 1.29 is 0 Å². The molecule has 0 aliphatic heterocycles. The first-order chi connectivity index (χ1) is 5.16. The lowest BCUT2D eigenvalue weighted by atomic mass is 10.1. The Morgan fingerprint density at radius 3 is 2.64 bits per heavy atom. The van der Waals surface area contributed by atoms with Crippen molar-refractivity contribution >= 4 is 21.6 Å². The Labute approximate surface area is 73.8 Å². The minimum absolute atomic E-state index is 0.616. The van der Waals surface area contributed by atoms with Crippen LogP contribution in [-0.2, 0) is 0 Å². The van der Waals surface area contributed by atoms with Gasteiger partial charge in [0.15, 0.2) is 0 Å². The van der Waals surface area contributed by atoms with Crippen LogP contribution in [0.2, 0.25) is 0 Å². The third-order valence-electron chi connectivity index (χ3n) is 1.57. The number of anilines is 1. The number of hydrogen-bond donors (Lipinski definition) is 1. The van der Waals surface area contributed by atoms with Gasteiger partial charge in [0.05, 0.1) is 5.56 Å². The molecule has 0 fully saturated rings. The summed E-state index contributed by atoms with van der Waals surface area (Å²) in [5.41, 5.74) is 7.70. The Morgan fingerprint density at radius 1 is 1.55 bits per heavy atom. The number of halogens is 1. The predicted octanol–water partition coefficient (Wildman–Crippen LogP) is 2.21. The second-order valence-corrected chi connectivity index (χ2v) is 3.10. The number of nitrogens with two attached hydrogens (primary N) is 1. The smallest absolute Gasteiger partial charge is 0.101 e. The highest BCUT2D eigenvalue weighted by molar-refractivity contribution is 9.10. The zero-order valence-corrected chi connectivity index (χ0v) is 7.64. The van der Waals surface area contributed by atoms with Crippen molar-refractivity contribution in [1.82, 2.24) is 0 Å². The third kappa shape index (κ3) is 1.36. The predicted molar refractivity (Wildman–Crippen MR) is 48.0 cm³/mol. The van der Waals surface area contributed by atoms with E-state index in [1.165, 1.54) is 0 Å². The van der Waals surface area contributed by atoms with Gasteiger partial charge in [-0.3, -0.25) is 0 Å². The number of nitrogens with zero attached hydrogens (tertiary/aromatic N) is 1. The van der Waals surface area contributed by atoms with E-state index in [0.29, 0.717) is 11.3 Å². The van der Waals surface area contributed by atoms with E-state index in [-0.39, 0.29) is 0 Å². The lowest BCUT2D eigenvalue weighted by Crippen LogP contribution is -1.92. The van der Waals surface area contributed by atoms with Gasteiger partial charge in [-0.05, 0) is 40.5 Å². The third-order valence-corrected chi connectivity index (χ3v) is 2.23. The molecule has 1 aromatic rings. The maximum Gasteiger partial charge on any atom is 0.101 e. The summed E-state index contributed by atoms with van der Waals surface area (Å²) in [6.45, 7) is 1.83. The molecule has 0 unspecified atom stereocenters. The minimum Gasteiger partial charge on any atom is -0.398 e. The fourth-order valence-electron chi connectivity index (χ4n) is 0.832. The van der Waals surface area contributed by atoms with E-state index in [1.54, 1.807) is 12.1 Å². The summed E-state index contributed by atoms with van der Waals surface area (Å²) in [4.78, 5) is 0. The summed E-state index contributed by atoms with van der Waals surface area (Å²) in [6.07, 6.45) is 0. The fraction of sp³-hybridized carbons (Fsp3) is 0.125. The first-order valence-electron chi connectivity index (χ1n) is 3.11. The van der Waals surface area contributed by atoms with Crippen LogP contribution in [0.5, 0.6) is 0 Å². The van der Waals surface area contributed by atoms with Crippen molar-refractivity contribution in [3.63, 3.8) is 0 Å². The minimum atomic E-state index is 0.616. The topological polar surface area (TPSA) is 49.8 Å². The van der Waals surface area contributed by atoms with Crippen molar-refractivity contribution in [2.45, 2.75) is 6.92 Å². The molecule has 11 heavy (non-hydrogen) atoms. The van der Waals surface area contributed by atoms with Crippen molar-refractivity contribution in [2.24, 2.45) is 0 Å². The molecule has 0 heterocycles. The molecule has 0 aliphatic rings. The highest BCUT2D eigenvalue weighted by Crippen LogP contribution is 2.23. The SMILES string of the molecule is Cc1c(N)ccc(Br)c1C#N. The van der Waals surface area contributed by atoms with Crippen LogP contribution in [0.4, 0.5) is 5.69 Å². The Bertz CT molecular complexity index is 326. The van der Waals surface area contributed by atoms with E-state index < -0.39 is 0 Å². The van der Waals surface area contributed by atoms with Crippen LogP contribution in [0.25, 0.3) is 0 Å². The molecule has 3 heteroatoms. The maximum absolute atomic E-state index is 8.69. The van der Waals surface area contributed by atoms with Gasteiger partial charge in [-0.2, -0.15) is 5.26 Å². The fourth-order valence-corrected chi connectivity index (χ4v) is 1.35. The van der Waals surface area contributed by atoms with Gasteiger partial charge >= 0.3 is 0 Å². The molecule has 2 N–H and O–H groups in total. The van der Waals surface area contributed by atoms with Gasteiger partial charge in [0.25, 0.3) is 0 Å². The zero-order chi connectivity index (χ0) is 8.43. The summed E-state index contributed by atoms with van der Waals surface area (Å²) in [5.74, 6) is 0. The quantitative estimate of drug-likeness (QED) is 0.668. The largest absolute Gasteiger partial charge is 0.398 e. The maximum atomic E-state index is 8.69. The number of hydrogen-bond acceptors (Lipinski definition) is 2. The molecule has 2 nitrogen and oxygen atoms in total. The standard InChI is InChI=1S/C8H7BrN2/c1-5-6(4-10)7(9)2-3-8(5)11/h2-3H,11H2,1H3. The summed E-state index contributed by atoms with van der Waals surface area (Å²) in [6, 6.07) is 5.63. The highest BCUT2D eigenvalue weighted by Gasteiger charge is 2.04. The van der Waals surface area contributed by atoms with Crippen LogP contribution in [-0.4, -0.2) is 0 Å². The molecule has 1 aromatic carbocycles. The highest BCUT2D eigenvalue weighted by atomic mass is 79.9. The lowest BCUT2D eigenvalue weighted by molar-refractivity contribution is 1.38. The van der Waals surface area contributed by atoms with Crippen LogP contribution in [0.15, 0.2) is 16.6 Å². The van der Waals surface area contributed by atoms with E-state index in [0.717, 1.165) is 10.0 Å². The summed E-state index contributed by atoms with van der Waals surface area (Å²) < 4.78 is 0.798. The number of rotatable bonds is 0. The van der Waals surface area contributed by atoms with E-state index in [9.17, 15) is 0 Å². The average Bonchev–Trinajstić information content (AvgIpc) is 1.99. The van der Waals surface area contributed by atoms with Crippen molar-refractivity contribution in [3.8, 4) is 6.07 Å². The van der Waals surface area contributed by atoms with Crippen LogP contribution in [0.3, 0.4) is 0 Å². The summed E-state index contributed by atoms with van der Waals surface area (Å²) >= 11 is 3.26. The monoisotopic (exact) mass is 210 g/mol. The normalized spacial score (nSPS) is 9.18. The molecule has 0 spiro atoms. The van der Waals surface area contributed by atoms with Gasteiger partial charge in [0.1, 0.15) is 6.07 Å². The molecule has 0 aliphatic carbocycles. The number of benzene rings is 1. The first kappa shape index (κ1) is 8.09. The molecule has 1 rings (SSSR count). The Balaban J connectivity index is 3.44. The Hall–Kier alpha value is -1.01. The number of nitriles is 1. The van der Waals surface area contributed by atoms with Crippen LogP contribution >= 0.6 is 15.9 Å². The van der Waals surface area contributed by atoms with Gasteiger partial charge in [0, 0.05) is 10.2 Å². The van der Waals surface area contributed by atoms with Crippen LogP contribution in [0, 0.1) is 18.3 Å². The molecule has 0 saturated carbocycles. The molecule has 0 amide bonds. The average molecular weight is 211 g/mol. The second-order valence-electron chi connectivity index (χ2n) is 2.25. The summed E-state index contributed by atoms with van der Waals surface area (Å²) in [7, 11) is 0. The lowest BCUT2D eigenvalue weighted by Gasteiger charge is -2.02. The van der Waals surface area contributed by atoms with E-state index in [1.807, 2.05) is 6.92 Å². The molecular weight excluding hydrogens is 204 g/mol. The van der Waals surface area contributed by atoms with Crippen LogP contribution in [0.1, 0.15) is 11.1 Å². The van der Waals surface area contributed by atoms with Gasteiger partial charge in [0.2, 0.25) is 0 Å². The molecule has 56 valence electrons. The number of nitrogen functional groups attached to an aromatic ring is 1. The zero-order valence-electron chi connectivity index (χ0n) is 6.06. The molecule has 0 atom stereocenters. The second kappa shape index (κ2) is 2.93. The molecule has 0 aromatic heterocycles. The Morgan fingerprint density at radius 2 is 2.18 bits per heavy atom. The van der Waals surface area contributed by atoms with E-state index >= 15 is 0 Å². The van der Waals surface area contributed by atoms with E-state index in [4.69, 9.17) is 11.0 Å². The van der Waals surface area contributed by atoms with Crippen LogP contribution < -0.4 is 5.73 Å². The van der Waals surface area contributed by atoms with Crippen molar-refractivity contribution in [2.75, 3.05) is 5.73 Å². The van der Waals surface area contributed by atoms with Crippen molar-refractivity contribution in [3.05, 3.63) is 27.7 Å². The molecule has 0 radical (unpaired) electrons. The van der Waals surface area contributed by atoms with Gasteiger partial charge in [-0.15, -0.1) is 0 Å². The molecule has 0 bridgehead atoms. The summed E-state index contributed by atoms with van der Waals surface area (Å²) in [5, 5.41) is 8.69. The van der Waals surface area contributed by atoms with Gasteiger partial charge in [-0.1, -0.05) is 0 Å². The van der Waals surface area contributed by atoms with Gasteiger partial charge < -0.3 is 5.73 Å². The molecular formula is C8H7BrN2. The Kier molecular flexibility index (Phi) is 2.16. The molecule has 0 saturated heterocycles.